The summed E-state index contributed by atoms with van der Waals surface area (Å²) in [6.07, 6.45) is 7.89. The Morgan fingerprint density at radius 3 is 2.38 bits per heavy atom. The maximum absolute atomic E-state index is 11.5. The Morgan fingerprint density at radius 2 is 1.81 bits per heavy atom. The number of rotatable bonds is 6. The highest BCUT2D eigenvalue weighted by Crippen LogP contribution is 2.26. The molecule has 116 valence electrons. The molecule has 2 N–H and O–H groups in total. The van der Waals surface area contributed by atoms with Crippen molar-refractivity contribution in [2.75, 3.05) is 6.54 Å². The Labute approximate surface area is 127 Å². The molecule has 1 unspecified atom stereocenters. The van der Waals surface area contributed by atoms with E-state index in [1.54, 1.807) is 0 Å². The first-order valence-corrected chi connectivity index (χ1v) is 8.19. The summed E-state index contributed by atoms with van der Waals surface area (Å²) >= 11 is 0. The first-order chi connectivity index (χ1) is 10.2. The van der Waals surface area contributed by atoms with Crippen LogP contribution in [-0.4, -0.2) is 23.7 Å². The molecule has 21 heavy (non-hydrogen) atoms. The number of nitrogens with one attached hydrogen (secondary N) is 1. The van der Waals surface area contributed by atoms with Gasteiger partial charge in [-0.25, -0.2) is 0 Å². The minimum absolute atomic E-state index is 0.397. The molecule has 1 aromatic rings. The van der Waals surface area contributed by atoms with Gasteiger partial charge in [-0.1, -0.05) is 56.0 Å². The fourth-order valence-corrected chi connectivity index (χ4v) is 3.31. The Balaban J connectivity index is 1.91. The van der Waals surface area contributed by atoms with E-state index in [-0.39, 0.29) is 0 Å². The van der Waals surface area contributed by atoms with Crippen molar-refractivity contribution in [3.63, 3.8) is 0 Å². The van der Waals surface area contributed by atoms with Crippen molar-refractivity contribution in [2.24, 2.45) is 5.92 Å². The molecule has 1 saturated carbocycles. The summed E-state index contributed by atoms with van der Waals surface area (Å²) in [6, 6.07) is 9.92. The van der Waals surface area contributed by atoms with Crippen LogP contribution in [0.2, 0.25) is 0 Å². The van der Waals surface area contributed by atoms with Crippen LogP contribution in [0.15, 0.2) is 30.3 Å². The molecule has 2 atom stereocenters. The van der Waals surface area contributed by atoms with Crippen molar-refractivity contribution in [1.29, 1.82) is 0 Å². The van der Waals surface area contributed by atoms with E-state index >= 15 is 0 Å². The molecular formula is C18H27NO2. The van der Waals surface area contributed by atoms with Crippen LogP contribution in [0.25, 0.3) is 0 Å². The van der Waals surface area contributed by atoms with Crippen LogP contribution >= 0.6 is 0 Å². The summed E-state index contributed by atoms with van der Waals surface area (Å²) in [5, 5.41) is 12.9. The topological polar surface area (TPSA) is 49.3 Å². The number of carboxylic acids is 1. The average Bonchev–Trinajstić information content (AvgIpc) is 2.77. The van der Waals surface area contributed by atoms with Gasteiger partial charge in [0.05, 0.1) is 5.92 Å². The predicted molar refractivity (Wildman–Crippen MR) is 85.5 cm³/mol. The lowest BCUT2D eigenvalue weighted by Gasteiger charge is -2.25. The molecular weight excluding hydrogens is 262 g/mol. The van der Waals surface area contributed by atoms with Gasteiger partial charge in [0, 0.05) is 12.6 Å². The van der Waals surface area contributed by atoms with Gasteiger partial charge in [-0.3, -0.25) is 4.79 Å². The van der Waals surface area contributed by atoms with E-state index in [2.05, 4.69) is 12.2 Å². The molecule has 0 spiro atoms. The van der Waals surface area contributed by atoms with E-state index in [0.717, 1.165) is 5.56 Å². The van der Waals surface area contributed by atoms with Crippen LogP contribution < -0.4 is 5.32 Å². The molecule has 0 radical (unpaired) electrons. The maximum atomic E-state index is 11.5. The Morgan fingerprint density at radius 1 is 1.19 bits per heavy atom. The first-order valence-electron chi connectivity index (χ1n) is 8.19. The molecule has 1 fully saturated rings. The number of hydrogen-bond acceptors (Lipinski definition) is 2. The zero-order valence-corrected chi connectivity index (χ0v) is 12.9. The van der Waals surface area contributed by atoms with Crippen molar-refractivity contribution in [1.82, 2.24) is 5.32 Å². The molecule has 0 saturated heterocycles. The Hall–Kier alpha value is -1.35. The van der Waals surface area contributed by atoms with Crippen LogP contribution in [0.5, 0.6) is 0 Å². The van der Waals surface area contributed by atoms with E-state index in [1.807, 2.05) is 30.3 Å². The zero-order chi connectivity index (χ0) is 15.1. The van der Waals surface area contributed by atoms with Crippen LogP contribution in [0.1, 0.15) is 56.9 Å². The van der Waals surface area contributed by atoms with Crippen molar-refractivity contribution in [2.45, 2.75) is 57.4 Å². The third kappa shape index (κ3) is 4.85. The van der Waals surface area contributed by atoms with E-state index in [0.29, 0.717) is 18.5 Å². The molecule has 0 heterocycles. The molecule has 1 aliphatic carbocycles. The molecule has 3 heteroatoms. The Bertz CT molecular complexity index is 424. The summed E-state index contributed by atoms with van der Waals surface area (Å²) in [6.45, 7) is 2.72. The monoisotopic (exact) mass is 289 g/mol. The molecule has 0 bridgehead atoms. The van der Waals surface area contributed by atoms with Gasteiger partial charge in [-0.2, -0.15) is 0 Å². The summed E-state index contributed by atoms with van der Waals surface area (Å²) in [7, 11) is 0. The summed E-state index contributed by atoms with van der Waals surface area (Å²) in [4.78, 5) is 11.5. The molecule has 2 rings (SSSR count). The maximum Gasteiger partial charge on any atom is 0.312 e. The lowest BCUT2D eigenvalue weighted by molar-refractivity contribution is -0.138. The third-order valence-electron chi connectivity index (χ3n) is 4.75. The van der Waals surface area contributed by atoms with Gasteiger partial charge < -0.3 is 10.4 Å². The minimum Gasteiger partial charge on any atom is -0.481 e. The fourth-order valence-electron chi connectivity index (χ4n) is 3.31. The second kappa shape index (κ2) is 8.18. The van der Waals surface area contributed by atoms with Crippen molar-refractivity contribution >= 4 is 5.97 Å². The molecule has 0 aromatic heterocycles. The lowest BCUT2D eigenvalue weighted by Crippen LogP contribution is -2.37. The van der Waals surface area contributed by atoms with Crippen molar-refractivity contribution in [3.05, 3.63) is 35.9 Å². The molecule has 1 aliphatic rings. The first kappa shape index (κ1) is 16.0. The lowest BCUT2D eigenvalue weighted by atomic mass is 9.92. The highest BCUT2D eigenvalue weighted by atomic mass is 16.4. The van der Waals surface area contributed by atoms with E-state index in [9.17, 15) is 9.90 Å². The normalized spacial score (nSPS) is 19.7. The zero-order valence-electron chi connectivity index (χ0n) is 12.9. The van der Waals surface area contributed by atoms with Gasteiger partial charge in [0.25, 0.3) is 0 Å². The third-order valence-corrected chi connectivity index (χ3v) is 4.75. The highest BCUT2D eigenvalue weighted by molar-refractivity contribution is 5.76. The van der Waals surface area contributed by atoms with Crippen LogP contribution in [0.3, 0.4) is 0 Å². The van der Waals surface area contributed by atoms with Gasteiger partial charge >= 0.3 is 5.97 Å². The van der Waals surface area contributed by atoms with Crippen molar-refractivity contribution < 1.29 is 9.90 Å². The molecule has 3 nitrogen and oxygen atoms in total. The Kier molecular flexibility index (Phi) is 6.24. The van der Waals surface area contributed by atoms with E-state index in [4.69, 9.17) is 0 Å². The van der Waals surface area contributed by atoms with Gasteiger partial charge in [0.15, 0.2) is 0 Å². The van der Waals surface area contributed by atoms with Crippen LogP contribution in [-0.2, 0) is 4.79 Å². The van der Waals surface area contributed by atoms with Gasteiger partial charge in [-0.15, -0.1) is 0 Å². The van der Waals surface area contributed by atoms with E-state index in [1.165, 1.54) is 38.5 Å². The average molecular weight is 289 g/mol. The van der Waals surface area contributed by atoms with Crippen LogP contribution in [0, 0.1) is 5.92 Å². The molecule has 0 aliphatic heterocycles. The SMILES string of the molecule is C[C@@H](NCC(C(=O)O)c1ccccc1)C1CCCCCC1. The van der Waals surface area contributed by atoms with Gasteiger partial charge in [0.1, 0.15) is 0 Å². The van der Waals surface area contributed by atoms with Crippen LogP contribution in [0.4, 0.5) is 0 Å². The quantitative estimate of drug-likeness (QED) is 0.783. The highest BCUT2D eigenvalue weighted by Gasteiger charge is 2.23. The summed E-state index contributed by atoms with van der Waals surface area (Å²) < 4.78 is 0. The number of carbonyl (C=O) groups is 1. The number of carboxylic acid groups (broad SMARTS) is 1. The van der Waals surface area contributed by atoms with Gasteiger partial charge in [0.2, 0.25) is 0 Å². The largest absolute Gasteiger partial charge is 0.481 e. The number of aliphatic carboxylic acids is 1. The second-order valence-electron chi connectivity index (χ2n) is 6.25. The molecule has 1 aromatic carbocycles. The number of benzene rings is 1. The standard InChI is InChI=1S/C18H27NO2/c1-14(15-9-5-2-3-6-10-15)19-13-17(18(20)21)16-11-7-4-8-12-16/h4,7-8,11-12,14-15,17,19H,2-3,5-6,9-10,13H2,1H3,(H,20,21)/t14-,17?/m1/s1. The number of hydrogen-bond donors (Lipinski definition) is 2. The van der Waals surface area contributed by atoms with Gasteiger partial charge in [-0.05, 0) is 31.2 Å². The fraction of sp³-hybridized carbons (Fsp3) is 0.611. The molecule has 0 amide bonds. The van der Waals surface area contributed by atoms with E-state index < -0.39 is 11.9 Å². The summed E-state index contributed by atoms with van der Waals surface area (Å²) in [5.41, 5.74) is 0.880. The summed E-state index contributed by atoms with van der Waals surface area (Å²) in [5.74, 6) is -0.515. The minimum atomic E-state index is -0.748. The second-order valence-corrected chi connectivity index (χ2v) is 6.25. The smallest absolute Gasteiger partial charge is 0.312 e. The predicted octanol–water partition coefficient (Wildman–Crippen LogP) is 3.80. The van der Waals surface area contributed by atoms with Crippen molar-refractivity contribution in [3.8, 4) is 0 Å².